The Morgan fingerprint density at radius 1 is 1.25 bits per heavy atom. The van der Waals surface area contributed by atoms with E-state index in [1.807, 2.05) is 30.3 Å². The van der Waals surface area contributed by atoms with Gasteiger partial charge in [0.25, 0.3) is 0 Å². The number of hydrogen-bond acceptors (Lipinski definition) is 5. The summed E-state index contributed by atoms with van der Waals surface area (Å²) in [4.78, 5) is 11.2. The predicted molar refractivity (Wildman–Crippen MR) is 67.9 cm³/mol. The topological polar surface area (TPSA) is 42.9 Å². The maximum atomic E-state index is 11.2. The number of carbonyl (C=O) groups is 1. The monoisotopic (exact) mass is 250 g/mol. The lowest BCUT2D eigenvalue weighted by Crippen LogP contribution is -2.03. The quantitative estimate of drug-likeness (QED) is 0.846. The summed E-state index contributed by atoms with van der Waals surface area (Å²) in [5, 5.41) is 9.66. The van der Waals surface area contributed by atoms with E-state index < -0.39 is 0 Å². The molecule has 0 aliphatic rings. The van der Waals surface area contributed by atoms with Gasteiger partial charge in [0, 0.05) is 11.3 Å². The van der Waals surface area contributed by atoms with Crippen molar-refractivity contribution in [3.63, 3.8) is 0 Å². The van der Waals surface area contributed by atoms with Crippen molar-refractivity contribution >= 4 is 29.7 Å². The van der Waals surface area contributed by atoms with E-state index in [2.05, 4.69) is 22.8 Å². The first-order valence-electron chi connectivity index (χ1n) is 4.80. The minimum atomic E-state index is 0.0686. The third kappa shape index (κ3) is 2.68. The summed E-state index contributed by atoms with van der Waals surface area (Å²) in [5.41, 5.74) is 1.03. The fourth-order valence-corrected chi connectivity index (χ4v) is 2.23. The van der Waals surface area contributed by atoms with Gasteiger partial charge in [-0.3, -0.25) is 4.79 Å². The Kier molecular flexibility index (Phi) is 3.69. The zero-order chi connectivity index (χ0) is 11.4. The van der Waals surface area contributed by atoms with Gasteiger partial charge in [-0.15, -0.1) is 10.2 Å². The van der Waals surface area contributed by atoms with E-state index in [0.717, 1.165) is 15.6 Å². The normalized spacial score (nSPS) is 10.3. The maximum absolute atomic E-state index is 11.2. The first-order chi connectivity index (χ1) is 7.79. The summed E-state index contributed by atoms with van der Waals surface area (Å²) in [5.74, 6) is 0.319. The SMILES string of the molecule is O=C(CS)Cc1nnc(-c2ccccc2)s1. The molecule has 2 rings (SSSR count). The van der Waals surface area contributed by atoms with Crippen molar-refractivity contribution in [2.24, 2.45) is 0 Å². The number of benzene rings is 1. The van der Waals surface area contributed by atoms with Crippen LogP contribution in [0, 0.1) is 0 Å². The van der Waals surface area contributed by atoms with Gasteiger partial charge in [0.1, 0.15) is 15.8 Å². The summed E-state index contributed by atoms with van der Waals surface area (Å²) >= 11 is 5.38. The number of hydrogen-bond donors (Lipinski definition) is 1. The number of rotatable bonds is 4. The highest BCUT2D eigenvalue weighted by atomic mass is 32.1. The van der Waals surface area contributed by atoms with Crippen molar-refractivity contribution in [1.82, 2.24) is 10.2 Å². The summed E-state index contributed by atoms with van der Waals surface area (Å²) in [7, 11) is 0. The molecule has 82 valence electrons. The number of thiol groups is 1. The molecule has 1 aromatic carbocycles. The molecule has 0 saturated carbocycles. The second-order valence-electron chi connectivity index (χ2n) is 3.24. The molecule has 3 nitrogen and oxygen atoms in total. The van der Waals surface area contributed by atoms with E-state index in [1.165, 1.54) is 11.3 Å². The Hall–Kier alpha value is -1.20. The van der Waals surface area contributed by atoms with Crippen molar-refractivity contribution < 1.29 is 4.79 Å². The molecule has 0 spiro atoms. The standard InChI is InChI=1S/C11H10N2OS2/c14-9(7-15)6-10-12-13-11(16-10)8-4-2-1-3-5-8/h1-5,15H,6-7H2. The molecule has 0 aliphatic heterocycles. The lowest BCUT2D eigenvalue weighted by atomic mass is 10.2. The van der Waals surface area contributed by atoms with Crippen molar-refractivity contribution in [2.75, 3.05) is 5.75 Å². The zero-order valence-electron chi connectivity index (χ0n) is 8.46. The molecule has 0 fully saturated rings. The minimum absolute atomic E-state index is 0.0686. The van der Waals surface area contributed by atoms with Gasteiger partial charge in [-0.2, -0.15) is 12.6 Å². The second kappa shape index (κ2) is 5.23. The molecular formula is C11H10N2OS2. The minimum Gasteiger partial charge on any atom is -0.298 e. The van der Waals surface area contributed by atoms with Crippen LogP contribution in [0.1, 0.15) is 5.01 Å². The van der Waals surface area contributed by atoms with Crippen LogP contribution >= 0.6 is 24.0 Å². The zero-order valence-corrected chi connectivity index (χ0v) is 10.2. The van der Waals surface area contributed by atoms with E-state index in [4.69, 9.17) is 0 Å². The van der Waals surface area contributed by atoms with Crippen molar-refractivity contribution in [3.05, 3.63) is 35.3 Å². The van der Waals surface area contributed by atoms with Gasteiger partial charge in [0.2, 0.25) is 0 Å². The van der Waals surface area contributed by atoms with E-state index in [0.29, 0.717) is 6.42 Å². The molecule has 0 saturated heterocycles. The molecule has 0 atom stereocenters. The molecular weight excluding hydrogens is 240 g/mol. The molecule has 1 heterocycles. The number of carbonyl (C=O) groups excluding carboxylic acids is 1. The molecule has 1 aromatic heterocycles. The predicted octanol–water partition coefficient (Wildman–Crippen LogP) is 2.25. The summed E-state index contributed by atoms with van der Waals surface area (Å²) in [6.07, 6.45) is 0.327. The third-order valence-electron chi connectivity index (χ3n) is 2.01. The van der Waals surface area contributed by atoms with E-state index in [9.17, 15) is 4.79 Å². The fraction of sp³-hybridized carbons (Fsp3) is 0.182. The van der Waals surface area contributed by atoms with Gasteiger partial charge in [0.15, 0.2) is 0 Å². The van der Waals surface area contributed by atoms with Crippen LogP contribution in [-0.4, -0.2) is 21.7 Å². The molecule has 0 aliphatic carbocycles. The van der Waals surface area contributed by atoms with Crippen LogP contribution in [0.15, 0.2) is 30.3 Å². The Labute approximate surface area is 103 Å². The number of Topliss-reactive ketones (excluding diaryl/α,β-unsaturated/α-hetero) is 1. The Bertz CT molecular complexity index is 482. The van der Waals surface area contributed by atoms with Gasteiger partial charge in [-0.25, -0.2) is 0 Å². The third-order valence-corrected chi connectivity index (χ3v) is 3.34. The van der Waals surface area contributed by atoms with Gasteiger partial charge in [-0.05, 0) is 0 Å². The molecule has 0 unspecified atom stereocenters. The molecule has 0 N–H and O–H groups in total. The summed E-state index contributed by atoms with van der Waals surface area (Å²) in [6.45, 7) is 0. The molecule has 0 radical (unpaired) electrons. The van der Waals surface area contributed by atoms with Crippen LogP contribution < -0.4 is 0 Å². The van der Waals surface area contributed by atoms with Gasteiger partial charge in [-0.1, -0.05) is 41.7 Å². The van der Waals surface area contributed by atoms with Crippen LogP contribution in [-0.2, 0) is 11.2 Å². The molecule has 0 bridgehead atoms. The lowest BCUT2D eigenvalue weighted by Gasteiger charge is -1.92. The average molecular weight is 250 g/mol. The lowest BCUT2D eigenvalue weighted by molar-refractivity contribution is -0.115. The number of ketones is 1. The van der Waals surface area contributed by atoms with E-state index >= 15 is 0 Å². The highest BCUT2D eigenvalue weighted by Crippen LogP contribution is 2.23. The Morgan fingerprint density at radius 2 is 2.00 bits per heavy atom. The molecule has 0 amide bonds. The fourth-order valence-electron chi connectivity index (χ4n) is 1.25. The Balaban J connectivity index is 2.17. The van der Waals surface area contributed by atoms with Crippen molar-refractivity contribution in [2.45, 2.75) is 6.42 Å². The van der Waals surface area contributed by atoms with E-state index in [1.54, 1.807) is 0 Å². The number of aromatic nitrogens is 2. The maximum Gasteiger partial charge on any atom is 0.149 e. The summed E-state index contributed by atoms with van der Waals surface area (Å²) in [6, 6.07) is 9.82. The largest absolute Gasteiger partial charge is 0.298 e. The average Bonchev–Trinajstić information content (AvgIpc) is 2.78. The molecule has 2 aromatic rings. The van der Waals surface area contributed by atoms with E-state index in [-0.39, 0.29) is 11.5 Å². The molecule has 16 heavy (non-hydrogen) atoms. The summed E-state index contributed by atoms with van der Waals surface area (Å²) < 4.78 is 0. The van der Waals surface area contributed by atoms with Crippen molar-refractivity contribution in [1.29, 1.82) is 0 Å². The number of nitrogens with zero attached hydrogens (tertiary/aromatic N) is 2. The van der Waals surface area contributed by atoms with Gasteiger partial charge in [0.05, 0.1) is 6.42 Å². The molecule has 5 heteroatoms. The van der Waals surface area contributed by atoms with Gasteiger partial charge >= 0.3 is 0 Å². The Morgan fingerprint density at radius 3 is 2.69 bits per heavy atom. The smallest absolute Gasteiger partial charge is 0.149 e. The van der Waals surface area contributed by atoms with Crippen LogP contribution in [0.4, 0.5) is 0 Å². The van der Waals surface area contributed by atoms with Crippen LogP contribution in [0.25, 0.3) is 10.6 Å². The van der Waals surface area contributed by atoms with Crippen LogP contribution in [0.5, 0.6) is 0 Å². The van der Waals surface area contributed by atoms with Crippen molar-refractivity contribution in [3.8, 4) is 10.6 Å². The highest BCUT2D eigenvalue weighted by Gasteiger charge is 2.09. The first kappa shape index (κ1) is 11.3. The van der Waals surface area contributed by atoms with Crippen LogP contribution in [0.2, 0.25) is 0 Å². The second-order valence-corrected chi connectivity index (χ2v) is 4.62. The highest BCUT2D eigenvalue weighted by molar-refractivity contribution is 7.81. The van der Waals surface area contributed by atoms with Gasteiger partial charge < -0.3 is 0 Å². The first-order valence-corrected chi connectivity index (χ1v) is 6.25. The van der Waals surface area contributed by atoms with Crippen LogP contribution in [0.3, 0.4) is 0 Å².